The van der Waals surface area contributed by atoms with Crippen LogP contribution in [0.3, 0.4) is 0 Å². The van der Waals surface area contributed by atoms with Gasteiger partial charge in [0.25, 0.3) is 0 Å². The summed E-state index contributed by atoms with van der Waals surface area (Å²) >= 11 is 1.69. The Labute approximate surface area is 88.3 Å². The molecule has 3 heteroatoms. The topological polar surface area (TPSA) is 20.2 Å². The van der Waals surface area contributed by atoms with Crippen LogP contribution in [0.1, 0.15) is 25.0 Å². The maximum atomic E-state index is 12.8. The quantitative estimate of drug-likeness (QED) is 0.760. The largest absolute Gasteiger partial charge is 0.388 e. The molecular formula is C11H15FOS. The van der Waals surface area contributed by atoms with Crippen LogP contribution >= 0.6 is 11.8 Å². The molecule has 0 heterocycles. The smallest absolute Gasteiger partial charge is 0.123 e. The molecule has 0 aliphatic heterocycles. The third kappa shape index (κ3) is 3.68. The fourth-order valence-corrected chi connectivity index (χ4v) is 2.02. The molecule has 1 atom stereocenters. The summed E-state index contributed by atoms with van der Waals surface area (Å²) in [5.74, 6) is 1.38. The zero-order chi connectivity index (χ0) is 10.4. The predicted molar refractivity (Wildman–Crippen MR) is 59.0 cm³/mol. The Balaban J connectivity index is 2.47. The minimum absolute atomic E-state index is 0.290. The lowest BCUT2D eigenvalue weighted by Gasteiger charge is -2.09. The van der Waals surface area contributed by atoms with Crippen LogP contribution in [0.4, 0.5) is 4.39 Å². The fourth-order valence-electron chi connectivity index (χ4n) is 1.15. The van der Waals surface area contributed by atoms with Crippen LogP contribution in [0.2, 0.25) is 0 Å². The first-order valence-electron chi connectivity index (χ1n) is 4.75. The molecule has 0 fully saturated rings. The monoisotopic (exact) mass is 214 g/mol. The number of thioether (sulfide) groups is 1. The van der Waals surface area contributed by atoms with E-state index in [4.69, 9.17) is 0 Å². The molecular weight excluding hydrogens is 199 g/mol. The lowest BCUT2D eigenvalue weighted by atomic mass is 10.1. The summed E-state index contributed by atoms with van der Waals surface area (Å²) < 4.78 is 12.8. The lowest BCUT2D eigenvalue weighted by molar-refractivity contribution is 0.203. The molecule has 14 heavy (non-hydrogen) atoms. The zero-order valence-electron chi connectivity index (χ0n) is 8.24. The van der Waals surface area contributed by atoms with Crippen molar-refractivity contribution in [1.29, 1.82) is 0 Å². The highest BCUT2D eigenvalue weighted by atomic mass is 32.2. The van der Waals surface area contributed by atoms with E-state index in [2.05, 4.69) is 6.92 Å². The molecule has 0 aliphatic carbocycles. The molecule has 0 bridgehead atoms. The molecule has 1 aromatic carbocycles. The summed E-state index contributed by atoms with van der Waals surface area (Å²) in [4.78, 5) is 0. The van der Waals surface area contributed by atoms with Crippen LogP contribution in [0.15, 0.2) is 24.3 Å². The Morgan fingerprint density at radius 3 is 2.93 bits per heavy atom. The van der Waals surface area contributed by atoms with Gasteiger partial charge in [0.15, 0.2) is 0 Å². The van der Waals surface area contributed by atoms with Gasteiger partial charge >= 0.3 is 0 Å². The van der Waals surface area contributed by atoms with Crippen LogP contribution in [-0.2, 0) is 0 Å². The summed E-state index contributed by atoms with van der Waals surface area (Å²) in [6.07, 6.45) is 0.544. The standard InChI is InChI=1S/C11H15FOS/c1-2-6-14-8-11(13)9-4-3-5-10(12)7-9/h3-5,7,11,13H,2,6,8H2,1H3. The molecule has 0 saturated carbocycles. The highest BCUT2D eigenvalue weighted by Gasteiger charge is 2.07. The number of halogens is 1. The first kappa shape index (κ1) is 11.5. The van der Waals surface area contributed by atoms with Gasteiger partial charge in [0.2, 0.25) is 0 Å². The lowest BCUT2D eigenvalue weighted by Crippen LogP contribution is -2.01. The molecule has 0 saturated heterocycles. The minimum atomic E-state index is -0.553. The van der Waals surface area contributed by atoms with E-state index in [1.807, 2.05) is 0 Å². The normalized spacial score (nSPS) is 12.8. The van der Waals surface area contributed by atoms with Crippen molar-refractivity contribution in [2.45, 2.75) is 19.4 Å². The van der Waals surface area contributed by atoms with E-state index in [1.165, 1.54) is 12.1 Å². The van der Waals surface area contributed by atoms with Crippen molar-refractivity contribution in [1.82, 2.24) is 0 Å². The van der Waals surface area contributed by atoms with Gasteiger partial charge in [0.1, 0.15) is 5.82 Å². The number of hydrogen-bond acceptors (Lipinski definition) is 2. The number of aliphatic hydroxyl groups is 1. The van der Waals surface area contributed by atoms with Gasteiger partial charge in [0, 0.05) is 5.75 Å². The zero-order valence-corrected chi connectivity index (χ0v) is 9.06. The SMILES string of the molecule is CCCSCC(O)c1cccc(F)c1. The van der Waals surface area contributed by atoms with Gasteiger partial charge in [-0.3, -0.25) is 0 Å². The van der Waals surface area contributed by atoms with Gasteiger partial charge in [-0.2, -0.15) is 11.8 Å². The van der Waals surface area contributed by atoms with Crippen LogP contribution in [0.5, 0.6) is 0 Å². The number of rotatable bonds is 5. The maximum Gasteiger partial charge on any atom is 0.123 e. The molecule has 0 radical (unpaired) electrons. The summed E-state index contributed by atoms with van der Waals surface area (Å²) in [6, 6.07) is 6.14. The van der Waals surface area contributed by atoms with Gasteiger partial charge < -0.3 is 5.11 Å². The van der Waals surface area contributed by atoms with Crippen molar-refractivity contribution >= 4 is 11.8 Å². The van der Waals surface area contributed by atoms with Crippen LogP contribution in [-0.4, -0.2) is 16.6 Å². The maximum absolute atomic E-state index is 12.8. The molecule has 1 aromatic rings. The third-order valence-electron chi connectivity index (χ3n) is 1.86. The van der Waals surface area contributed by atoms with Crippen molar-refractivity contribution < 1.29 is 9.50 Å². The van der Waals surface area contributed by atoms with E-state index < -0.39 is 6.10 Å². The van der Waals surface area contributed by atoms with E-state index in [1.54, 1.807) is 23.9 Å². The average molecular weight is 214 g/mol. The Morgan fingerprint density at radius 1 is 1.50 bits per heavy atom. The molecule has 0 aliphatic rings. The predicted octanol–water partition coefficient (Wildman–Crippen LogP) is 3.00. The first-order valence-corrected chi connectivity index (χ1v) is 5.90. The van der Waals surface area contributed by atoms with E-state index in [-0.39, 0.29) is 5.82 Å². The van der Waals surface area contributed by atoms with Gasteiger partial charge in [0.05, 0.1) is 6.10 Å². The second-order valence-corrected chi connectivity index (χ2v) is 4.30. The highest BCUT2D eigenvalue weighted by Crippen LogP contribution is 2.19. The summed E-state index contributed by atoms with van der Waals surface area (Å²) in [5.41, 5.74) is 0.661. The van der Waals surface area contributed by atoms with Gasteiger partial charge in [-0.25, -0.2) is 4.39 Å². The second kappa shape index (κ2) is 6.04. The van der Waals surface area contributed by atoms with Crippen LogP contribution in [0.25, 0.3) is 0 Å². The summed E-state index contributed by atoms with van der Waals surface area (Å²) in [6.45, 7) is 2.10. The molecule has 0 spiro atoms. The fraction of sp³-hybridized carbons (Fsp3) is 0.455. The van der Waals surface area contributed by atoms with E-state index >= 15 is 0 Å². The van der Waals surface area contributed by atoms with Crippen molar-refractivity contribution in [3.63, 3.8) is 0 Å². The number of aliphatic hydroxyl groups excluding tert-OH is 1. The highest BCUT2D eigenvalue weighted by molar-refractivity contribution is 7.99. The molecule has 1 N–H and O–H groups in total. The van der Waals surface area contributed by atoms with E-state index in [9.17, 15) is 9.50 Å². The van der Waals surface area contributed by atoms with Crippen molar-refractivity contribution in [3.05, 3.63) is 35.6 Å². The molecule has 1 rings (SSSR count). The molecule has 1 unspecified atom stereocenters. The Kier molecular flexibility index (Phi) is 4.98. The molecule has 1 nitrogen and oxygen atoms in total. The van der Waals surface area contributed by atoms with Crippen LogP contribution < -0.4 is 0 Å². The second-order valence-electron chi connectivity index (χ2n) is 3.15. The van der Waals surface area contributed by atoms with Gasteiger partial charge in [-0.1, -0.05) is 19.1 Å². The number of hydrogen-bond donors (Lipinski definition) is 1. The average Bonchev–Trinajstić information content (AvgIpc) is 2.18. The summed E-state index contributed by atoms with van der Waals surface area (Å²) in [7, 11) is 0. The van der Waals surface area contributed by atoms with Gasteiger partial charge in [-0.05, 0) is 29.9 Å². The Morgan fingerprint density at radius 2 is 2.29 bits per heavy atom. The van der Waals surface area contributed by atoms with Crippen molar-refractivity contribution in [2.75, 3.05) is 11.5 Å². The van der Waals surface area contributed by atoms with Gasteiger partial charge in [-0.15, -0.1) is 0 Å². The van der Waals surface area contributed by atoms with E-state index in [0.29, 0.717) is 11.3 Å². The first-order chi connectivity index (χ1) is 6.74. The number of benzene rings is 1. The van der Waals surface area contributed by atoms with Crippen LogP contribution in [0, 0.1) is 5.82 Å². The Hall–Kier alpha value is -0.540. The summed E-state index contributed by atoms with van der Waals surface area (Å²) in [5, 5.41) is 9.68. The van der Waals surface area contributed by atoms with Crippen molar-refractivity contribution in [3.8, 4) is 0 Å². The van der Waals surface area contributed by atoms with E-state index in [0.717, 1.165) is 12.2 Å². The third-order valence-corrected chi connectivity index (χ3v) is 3.11. The Bertz CT molecular complexity index is 278. The molecule has 78 valence electrons. The minimum Gasteiger partial charge on any atom is -0.388 e. The van der Waals surface area contributed by atoms with Crippen molar-refractivity contribution in [2.24, 2.45) is 0 Å². The molecule has 0 aromatic heterocycles. The molecule has 0 amide bonds.